The molecule has 1 aromatic heterocycles. The van der Waals surface area contributed by atoms with Crippen LogP contribution in [0.4, 0.5) is 8.78 Å². The Balaban J connectivity index is 3.31. The average Bonchev–Trinajstić information content (AvgIpc) is 2.20. The molecule has 5 nitrogen and oxygen atoms in total. The van der Waals surface area contributed by atoms with Crippen LogP contribution in [0.15, 0.2) is 6.07 Å². The van der Waals surface area contributed by atoms with Gasteiger partial charge in [0.1, 0.15) is 11.8 Å². The first-order chi connectivity index (χ1) is 7.45. The van der Waals surface area contributed by atoms with Crippen LogP contribution in [0, 0.1) is 11.3 Å². The summed E-state index contributed by atoms with van der Waals surface area (Å²) in [4.78, 5) is 13.6. The second-order valence-electron chi connectivity index (χ2n) is 2.89. The summed E-state index contributed by atoms with van der Waals surface area (Å²) < 4.78 is 24.7. The topological polar surface area (TPSA) is 94.2 Å². The van der Waals surface area contributed by atoms with E-state index in [1.807, 2.05) is 0 Å². The van der Waals surface area contributed by atoms with Gasteiger partial charge in [-0.15, -0.1) is 0 Å². The Morgan fingerprint density at radius 3 is 2.69 bits per heavy atom. The lowest BCUT2D eigenvalue weighted by Gasteiger charge is -2.06. The Morgan fingerprint density at radius 1 is 1.62 bits per heavy atom. The summed E-state index contributed by atoms with van der Waals surface area (Å²) in [5, 5.41) is 26.4. The van der Waals surface area contributed by atoms with E-state index in [-0.39, 0.29) is 5.56 Å². The van der Waals surface area contributed by atoms with Crippen molar-refractivity contribution in [3.63, 3.8) is 0 Å². The number of carboxylic acids is 1. The largest absolute Gasteiger partial charge is 0.505 e. The highest BCUT2D eigenvalue weighted by Gasteiger charge is 2.18. The minimum absolute atomic E-state index is 0.255. The average molecular weight is 228 g/mol. The number of hydrogen-bond acceptors (Lipinski definition) is 4. The van der Waals surface area contributed by atoms with Gasteiger partial charge in [0.05, 0.1) is 6.42 Å². The third kappa shape index (κ3) is 2.42. The van der Waals surface area contributed by atoms with E-state index in [1.165, 1.54) is 6.07 Å². The summed E-state index contributed by atoms with van der Waals surface area (Å²) in [5.41, 5.74) is -1.59. The molecular weight excluding hydrogens is 222 g/mol. The van der Waals surface area contributed by atoms with Crippen LogP contribution in [0.1, 0.15) is 23.4 Å². The van der Waals surface area contributed by atoms with Gasteiger partial charge in [-0.25, -0.2) is 13.8 Å². The van der Waals surface area contributed by atoms with Crippen molar-refractivity contribution >= 4 is 5.97 Å². The van der Waals surface area contributed by atoms with Crippen LogP contribution in [0.5, 0.6) is 5.75 Å². The molecule has 84 valence electrons. The second-order valence-corrected chi connectivity index (χ2v) is 2.89. The number of alkyl halides is 2. The monoisotopic (exact) mass is 228 g/mol. The van der Waals surface area contributed by atoms with Gasteiger partial charge in [0, 0.05) is 5.56 Å². The summed E-state index contributed by atoms with van der Waals surface area (Å²) >= 11 is 0. The molecule has 0 bridgehead atoms. The van der Waals surface area contributed by atoms with Gasteiger partial charge >= 0.3 is 5.97 Å². The zero-order valence-corrected chi connectivity index (χ0v) is 7.81. The number of aliphatic carboxylic acids is 1. The summed E-state index contributed by atoms with van der Waals surface area (Å²) in [5.74, 6) is -1.97. The molecule has 0 aromatic carbocycles. The highest BCUT2D eigenvalue weighted by Crippen LogP contribution is 2.26. The van der Waals surface area contributed by atoms with E-state index in [4.69, 9.17) is 10.4 Å². The number of rotatable bonds is 3. The Kier molecular flexibility index (Phi) is 3.35. The van der Waals surface area contributed by atoms with Crippen molar-refractivity contribution in [3.8, 4) is 11.8 Å². The van der Waals surface area contributed by atoms with E-state index in [9.17, 15) is 18.7 Å². The molecule has 0 fully saturated rings. The number of pyridine rings is 1. The Labute approximate surface area is 88.6 Å². The smallest absolute Gasteiger partial charge is 0.307 e. The van der Waals surface area contributed by atoms with Gasteiger partial charge in [-0.05, 0) is 6.07 Å². The van der Waals surface area contributed by atoms with Crippen molar-refractivity contribution in [1.82, 2.24) is 4.98 Å². The van der Waals surface area contributed by atoms with Gasteiger partial charge < -0.3 is 10.2 Å². The Morgan fingerprint density at radius 2 is 2.25 bits per heavy atom. The van der Waals surface area contributed by atoms with E-state index in [0.717, 1.165) is 6.07 Å². The molecule has 0 unspecified atom stereocenters. The molecule has 7 heteroatoms. The van der Waals surface area contributed by atoms with Crippen LogP contribution in [0.2, 0.25) is 0 Å². The van der Waals surface area contributed by atoms with Gasteiger partial charge in [-0.1, -0.05) is 0 Å². The van der Waals surface area contributed by atoms with Crippen LogP contribution in [-0.4, -0.2) is 21.2 Å². The predicted octanol–water partition coefficient (Wildman–Crippen LogP) is 1.22. The Hall–Kier alpha value is -2.23. The van der Waals surface area contributed by atoms with Crippen molar-refractivity contribution in [2.24, 2.45) is 0 Å². The zero-order valence-electron chi connectivity index (χ0n) is 7.81. The van der Waals surface area contributed by atoms with Crippen molar-refractivity contribution in [2.75, 3.05) is 0 Å². The summed E-state index contributed by atoms with van der Waals surface area (Å²) in [6.07, 6.45) is -3.58. The lowest BCUT2D eigenvalue weighted by molar-refractivity contribution is -0.136. The van der Waals surface area contributed by atoms with Crippen LogP contribution in [-0.2, 0) is 11.2 Å². The number of aromatic hydroxyl groups is 1. The molecule has 0 aliphatic rings. The molecule has 0 saturated heterocycles. The summed E-state index contributed by atoms with van der Waals surface area (Å²) in [6.45, 7) is 0. The van der Waals surface area contributed by atoms with Crippen molar-refractivity contribution < 1.29 is 23.8 Å². The molecule has 0 radical (unpaired) electrons. The fourth-order valence-electron chi connectivity index (χ4n) is 1.10. The minimum Gasteiger partial charge on any atom is -0.505 e. The fraction of sp³-hybridized carbons (Fsp3) is 0.222. The van der Waals surface area contributed by atoms with E-state index in [2.05, 4.69) is 4.98 Å². The number of carbonyl (C=O) groups is 1. The van der Waals surface area contributed by atoms with Crippen LogP contribution >= 0.6 is 0 Å². The van der Waals surface area contributed by atoms with Crippen LogP contribution in [0.3, 0.4) is 0 Å². The number of carboxylic acid groups (broad SMARTS) is 1. The quantitative estimate of drug-likeness (QED) is 0.811. The summed E-state index contributed by atoms with van der Waals surface area (Å²) in [7, 11) is 0. The molecule has 0 amide bonds. The summed E-state index contributed by atoms with van der Waals surface area (Å²) in [6, 6.07) is 2.19. The lowest BCUT2D eigenvalue weighted by Crippen LogP contribution is -2.04. The van der Waals surface area contributed by atoms with Gasteiger partial charge in [0.25, 0.3) is 6.43 Å². The zero-order chi connectivity index (χ0) is 12.3. The maximum Gasteiger partial charge on any atom is 0.307 e. The van der Waals surface area contributed by atoms with E-state index < -0.39 is 36.0 Å². The van der Waals surface area contributed by atoms with Crippen molar-refractivity contribution in [1.29, 1.82) is 5.26 Å². The van der Waals surface area contributed by atoms with Gasteiger partial charge in [-0.2, -0.15) is 5.26 Å². The molecule has 0 aliphatic heterocycles. The molecule has 2 N–H and O–H groups in total. The predicted molar refractivity (Wildman–Crippen MR) is 46.9 cm³/mol. The van der Waals surface area contributed by atoms with Gasteiger partial charge in [0.2, 0.25) is 0 Å². The second kappa shape index (κ2) is 4.53. The SMILES string of the molecule is N#Cc1nc(C(F)F)cc(CC(=O)O)c1O. The fourth-order valence-corrected chi connectivity index (χ4v) is 1.10. The highest BCUT2D eigenvalue weighted by molar-refractivity contribution is 5.71. The molecule has 1 rings (SSSR count). The third-order valence-electron chi connectivity index (χ3n) is 1.76. The number of nitrogens with zero attached hydrogens (tertiary/aromatic N) is 2. The maximum absolute atomic E-state index is 12.3. The highest BCUT2D eigenvalue weighted by atomic mass is 19.3. The van der Waals surface area contributed by atoms with E-state index >= 15 is 0 Å². The maximum atomic E-state index is 12.3. The molecule has 1 aromatic rings. The first kappa shape index (κ1) is 11.8. The Bertz CT molecular complexity index is 469. The molecule has 0 aliphatic carbocycles. The number of halogens is 2. The minimum atomic E-state index is -2.93. The normalized spacial score (nSPS) is 10.1. The lowest BCUT2D eigenvalue weighted by atomic mass is 10.1. The standard InChI is InChI=1S/C9H6F2N2O3/c10-9(11)5-1-4(2-7(14)15)8(16)6(3-12)13-5/h1,9,16H,2H2,(H,14,15). The molecule has 0 atom stereocenters. The number of nitriles is 1. The van der Waals surface area contributed by atoms with E-state index in [0.29, 0.717) is 0 Å². The molecule has 16 heavy (non-hydrogen) atoms. The third-order valence-corrected chi connectivity index (χ3v) is 1.76. The molecule has 1 heterocycles. The van der Waals surface area contributed by atoms with Gasteiger partial charge in [-0.3, -0.25) is 4.79 Å². The van der Waals surface area contributed by atoms with Gasteiger partial charge in [0.15, 0.2) is 11.4 Å². The van der Waals surface area contributed by atoms with Crippen molar-refractivity contribution in [3.05, 3.63) is 23.0 Å². The first-order valence-corrected chi connectivity index (χ1v) is 4.08. The molecule has 0 spiro atoms. The molecular formula is C9H6F2N2O3. The first-order valence-electron chi connectivity index (χ1n) is 4.08. The van der Waals surface area contributed by atoms with Crippen molar-refractivity contribution in [2.45, 2.75) is 12.8 Å². The van der Waals surface area contributed by atoms with Crippen LogP contribution < -0.4 is 0 Å². The number of hydrogen-bond donors (Lipinski definition) is 2. The van der Waals surface area contributed by atoms with E-state index in [1.54, 1.807) is 0 Å². The van der Waals surface area contributed by atoms with Crippen LogP contribution in [0.25, 0.3) is 0 Å². The number of aromatic nitrogens is 1. The molecule has 0 saturated carbocycles.